The summed E-state index contributed by atoms with van der Waals surface area (Å²) in [7, 11) is 1.48. The van der Waals surface area contributed by atoms with Gasteiger partial charge in [0.25, 0.3) is 0 Å². The SMILES string of the molecule is CCOC(=O)C(=Cc1ccc(OCc2cc(=O)[nH]c3ccc(Cl)cc23)c(OC)c1)C(C)=O. The van der Waals surface area contributed by atoms with Gasteiger partial charge in [0.05, 0.1) is 13.7 Å². The number of aromatic amines is 1. The normalized spacial score (nSPS) is 11.3. The predicted molar refractivity (Wildman–Crippen MR) is 122 cm³/mol. The average molecular weight is 456 g/mol. The fourth-order valence-corrected chi connectivity index (χ4v) is 3.32. The topological polar surface area (TPSA) is 94.7 Å². The molecule has 0 atom stereocenters. The molecule has 7 nitrogen and oxygen atoms in total. The van der Waals surface area contributed by atoms with Crippen molar-refractivity contribution in [2.24, 2.45) is 0 Å². The molecular formula is C24H22ClNO6. The van der Waals surface area contributed by atoms with Gasteiger partial charge in [-0.25, -0.2) is 4.79 Å². The van der Waals surface area contributed by atoms with Gasteiger partial charge in [0.1, 0.15) is 12.2 Å². The summed E-state index contributed by atoms with van der Waals surface area (Å²) in [6.07, 6.45) is 1.44. The Kier molecular flexibility index (Phi) is 7.33. The van der Waals surface area contributed by atoms with E-state index in [0.29, 0.717) is 33.2 Å². The van der Waals surface area contributed by atoms with Crippen molar-refractivity contribution in [3.63, 3.8) is 0 Å². The predicted octanol–water partition coefficient (Wildman–Crippen LogP) is 4.30. The summed E-state index contributed by atoms with van der Waals surface area (Å²) in [4.78, 5) is 38.6. The maximum absolute atomic E-state index is 12.0. The molecule has 32 heavy (non-hydrogen) atoms. The minimum atomic E-state index is -0.681. The standard InChI is InChI=1S/C24H22ClNO6/c1-4-31-24(29)18(14(2)27)9-15-5-8-21(22(10-15)30-3)32-13-16-11-23(28)26-20-7-6-17(25)12-19(16)20/h5-12H,4,13H2,1-3H3,(H,26,28). The second-order valence-corrected chi connectivity index (χ2v) is 7.32. The highest BCUT2D eigenvalue weighted by Crippen LogP contribution is 2.30. The second-order valence-electron chi connectivity index (χ2n) is 6.88. The van der Waals surface area contributed by atoms with E-state index in [1.165, 1.54) is 26.2 Å². The van der Waals surface area contributed by atoms with Crippen molar-refractivity contribution in [1.82, 2.24) is 4.98 Å². The van der Waals surface area contributed by atoms with Crippen molar-refractivity contribution in [3.05, 3.63) is 74.5 Å². The molecular weight excluding hydrogens is 434 g/mol. The van der Waals surface area contributed by atoms with Gasteiger partial charge in [-0.15, -0.1) is 0 Å². The molecule has 0 unspecified atom stereocenters. The Bertz CT molecular complexity index is 1260. The number of hydrogen-bond acceptors (Lipinski definition) is 6. The summed E-state index contributed by atoms with van der Waals surface area (Å²) >= 11 is 6.10. The third-order valence-electron chi connectivity index (χ3n) is 4.65. The summed E-state index contributed by atoms with van der Waals surface area (Å²) in [5, 5.41) is 1.32. The zero-order valence-corrected chi connectivity index (χ0v) is 18.6. The molecule has 8 heteroatoms. The van der Waals surface area contributed by atoms with Gasteiger partial charge < -0.3 is 19.2 Å². The second kappa shape index (κ2) is 10.2. The number of Topliss-reactive ketones (excluding diaryl/α,β-unsaturated/α-hetero) is 1. The smallest absolute Gasteiger partial charge is 0.341 e. The van der Waals surface area contributed by atoms with Gasteiger partial charge in [-0.2, -0.15) is 0 Å². The number of esters is 1. The van der Waals surface area contributed by atoms with Crippen LogP contribution in [-0.2, 0) is 20.9 Å². The molecule has 0 spiro atoms. The van der Waals surface area contributed by atoms with E-state index in [1.54, 1.807) is 43.3 Å². The number of aromatic nitrogens is 1. The number of H-pyrrole nitrogens is 1. The van der Waals surface area contributed by atoms with Crippen LogP contribution in [0.15, 0.2) is 52.8 Å². The van der Waals surface area contributed by atoms with E-state index >= 15 is 0 Å². The van der Waals surface area contributed by atoms with Gasteiger partial charge in [-0.3, -0.25) is 9.59 Å². The number of pyridine rings is 1. The first-order valence-corrected chi connectivity index (χ1v) is 10.2. The minimum absolute atomic E-state index is 0.0607. The van der Waals surface area contributed by atoms with Gasteiger partial charge in [0.2, 0.25) is 5.56 Å². The molecule has 0 aliphatic rings. The Balaban J connectivity index is 1.89. The maximum atomic E-state index is 12.0. The number of benzene rings is 2. The number of methoxy groups -OCH3 is 1. The molecule has 0 saturated carbocycles. The van der Waals surface area contributed by atoms with Gasteiger partial charge in [-0.05, 0) is 55.8 Å². The van der Waals surface area contributed by atoms with Crippen molar-refractivity contribution >= 4 is 40.3 Å². The van der Waals surface area contributed by atoms with E-state index in [-0.39, 0.29) is 24.3 Å². The van der Waals surface area contributed by atoms with Crippen LogP contribution in [0.1, 0.15) is 25.0 Å². The van der Waals surface area contributed by atoms with Crippen LogP contribution in [-0.4, -0.2) is 30.5 Å². The molecule has 0 bridgehead atoms. The molecule has 3 rings (SSSR count). The molecule has 0 amide bonds. The fraction of sp³-hybridized carbons (Fsp3) is 0.208. The van der Waals surface area contributed by atoms with Crippen LogP contribution in [0.4, 0.5) is 0 Å². The number of rotatable bonds is 8. The zero-order valence-electron chi connectivity index (χ0n) is 17.9. The molecule has 166 valence electrons. The van der Waals surface area contributed by atoms with Gasteiger partial charge >= 0.3 is 5.97 Å². The number of carbonyl (C=O) groups is 2. The highest BCUT2D eigenvalue weighted by atomic mass is 35.5. The number of nitrogens with one attached hydrogen (secondary N) is 1. The number of ketones is 1. The first-order valence-electron chi connectivity index (χ1n) is 9.84. The lowest BCUT2D eigenvalue weighted by molar-refractivity contribution is -0.139. The maximum Gasteiger partial charge on any atom is 0.341 e. The lowest BCUT2D eigenvalue weighted by atomic mass is 10.1. The molecule has 2 aromatic carbocycles. The zero-order chi connectivity index (χ0) is 23.3. The number of ether oxygens (including phenoxy) is 3. The summed E-state index contributed by atoms with van der Waals surface area (Å²) in [5.41, 5.74) is 1.58. The molecule has 0 saturated heterocycles. The lowest BCUT2D eigenvalue weighted by Gasteiger charge is -2.13. The first kappa shape index (κ1) is 23.1. The number of hydrogen-bond donors (Lipinski definition) is 1. The van der Waals surface area contributed by atoms with Crippen molar-refractivity contribution in [1.29, 1.82) is 0 Å². The highest BCUT2D eigenvalue weighted by molar-refractivity contribution is 6.31. The Morgan fingerprint density at radius 1 is 1.09 bits per heavy atom. The number of fused-ring (bicyclic) bond motifs is 1. The number of carbonyl (C=O) groups excluding carboxylic acids is 2. The van der Waals surface area contributed by atoms with Crippen LogP contribution in [0, 0.1) is 0 Å². The van der Waals surface area contributed by atoms with Gasteiger partial charge in [-0.1, -0.05) is 17.7 Å². The van der Waals surface area contributed by atoms with Crippen LogP contribution in [0.3, 0.4) is 0 Å². The average Bonchev–Trinajstić information content (AvgIpc) is 2.76. The van der Waals surface area contributed by atoms with Crippen LogP contribution in [0.25, 0.3) is 17.0 Å². The van der Waals surface area contributed by atoms with Crippen molar-refractivity contribution < 1.29 is 23.8 Å². The third-order valence-corrected chi connectivity index (χ3v) is 4.88. The van der Waals surface area contributed by atoms with Crippen molar-refractivity contribution in [2.75, 3.05) is 13.7 Å². The summed E-state index contributed by atoms with van der Waals surface area (Å²) < 4.78 is 16.3. The van der Waals surface area contributed by atoms with E-state index < -0.39 is 11.8 Å². The quantitative estimate of drug-likeness (QED) is 0.235. The molecule has 0 radical (unpaired) electrons. The molecule has 3 aromatic rings. The van der Waals surface area contributed by atoms with Crippen molar-refractivity contribution in [2.45, 2.75) is 20.5 Å². The Labute approximate surface area is 189 Å². The summed E-state index contributed by atoms with van der Waals surface area (Å²) in [5.74, 6) is -0.250. The summed E-state index contributed by atoms with van der Waals surface area (Å²) in [6, 6.07) is 11.6. The number of halogens is 1. The van der Waals surface area contributed by atoms with E-state index in [4.69, 9.17) is 25.8 Å². The van der Waals surface area contributed by atoms with E-state index in [0.717, 1.165) is 5.39 Å². The van der Waals surface area contributed by atoms with Crippen LogP contribution in [0.2, 0.25) is 5.02 Å². The monoisotopic (exact) mass is 455 g/mol. The first-order chi connectivity index (χ1) is 15.3. The van der Waals surface area contributed by atoms with Crippen LogP contribution in [0.5, 0.6) is 11.5 Å². The third kappa shape index (κ3) is 5.36. The Morgan fingerprint density at radius 3 is 2.56 bits per heavy atom. The molecule has 1 aromatic heterocycles. The lowest BCUT2D eigenvalue weighted by Crippen LogP contribution is -2.13. The Hall–Kier alpha value is -3.58. The molecule has 1 N–H and O–H groups in total. The van der Waals surface area contributed by atoms with E-state index in [9.17, 15) is 14.4 Å². The highest BCUT2D eigenvalue weighted by Gasteiger charge is 2.16. The van der Waals surface area contributed by atoms with E-state index in [1.807, 2.05) is 0 Å². The Morgan fingerprint density at radius 2 is 1.88 bits per heavy atom. The molecule has 0 fully saturated rings. The largest absolute Gasteiger partial charge is 0.493 e. The molecule has 0 aliphatic carbocycles. The van der Waals surface area contributed by atoms with Crippen LogP contribution >= 0.6 is 11.6 Å². The van der Waals surface area contributed by atoms with Gasteiger partial charge in [0.15, 0.2) is 17.3 Å². The molecule has 1 heterocycles. The van der Waals surface area contributed by atoms with Crippen LogP contribution < -0.4 is 15.0 Å². The van der Waals surface area contributed by atoms with E-state index in [2.05, 4.69) is 4.98 Å². The van der Waals surface area contributed by atoms with Crippen molar-refractivity contribution in [3.8, 4) is 11.5 Å². The molecule has 0 aliphatic heterocycles. The fourth-order valence-electron chi connectivity index (χ4n) is 3.14. The summed E-state index contributed by atoms with van der Waals surface area (Å²) in [6.45, 7) is 3.24. The minimum Gasteiger partial charge on any atom is -0.493 e. The van der Waals surface area contributed by atoms with Gasteiger partial charge in [0, 0.05) is 27.6 Å².